The molecule has 0 saturated heterocycles. The molecule has 2 bridgehead atoms. The van der Waals surface area contributed by atoms with Crippen LogP contribution in [0, 0.1) is 16.7 Å². The maximum Gasteiger partial charge on any atom is 0.289 e. The number of imide groups is 1. The first-order valence-electron chi connectivity index (χ1n) is 14.0. The number of hydrogen-bond donors (Lipinski definition) is 0. The monoisotopic (exact) mass is 555 g/mol. The van der Waals surface area contributed by atoms with Gasteiger partial charge in [0.25, 0.3) is 21.9 Å². The molecule has 8 nitrogen and oxygen atoms in total. The minimum atomic E-state index is -4.46. The van der Waals surface area contributed by atoms with Crippen LogP contribution in [-0.4, -0.2) is 43.4 Å². The van der Waals surface area contributed by atoms with Crippen molar-refractivity contribution in [1.29, 1.82) is 0 Å². The number of unbranched alkanes of at least 4 members (excludes halogenated alkanes) is 5. The van der Waals surface area contributed by atoms with Crippen LogP contribution in [-0.2, 0) is 19.2 Å². The van der Waals surface area contributed by atoms with Gasteiger partial charge in [-0.05, 0) is 54.2 Å². The molecule has 210 valence electrons. The summed E-state index contributed by atoms with van der Waals surface area (Å²) in [6.07, 6.45) is 8.27. The van der Waals surface area contributed by atoms with Crippen LogP contribution in [0.15, 0.2) is 30.3 Å². The summed E-state index contributed by atoms with van der Waals surface area (Å²) < 4.78 is 37.8. The quantitative estimate of drug-likeness (QED) is 0.239. The van der Waals surface area contributed by atoms with Crippen molar-refractivity contribution in [2.45, 2.75) is 78.6 Å². The van der Waals surface area contributed by atoms with Gasteiger partial charge in [-0.2, -0.15) is 8.42 Å². The van der Waals surface area contributed by atoms with E-state index in [0.717, 1.165) is 25.7 Å². The fraction of sp³-hybridized carbons (Fsp3) is 0.567. The summed E-state index contributed by atoms with van der Waals surface area (Å²) in [5.74, 6) is -1.76. The molecule has 2 atom stereocenters. The molecular formula is C30H37NO7S. The third kappa shape index (κ3) is 4.78. The molecule has 0 spiro atoms. The Morgan fingerprint density at radius 2 is 1.69 bits per heavy atom. The third-order valence-corrected chi connectivity index (χ3v) is 10.5. The minimum absolute atomic E-state index is 0.0884. The van der Waals surface area contributed by atoms with Crippen LogP contribution < -0.4 is 4.74 Å². The molecule has 2 aromatic carbocycles. The van der Waals surface area contributed by atoms with E-state index in [9.17, 15) is 22.8 Å². The van der Waals surface area contributed by atoms with Gasteiger partial charge in [-0.15, -0.1) is 9.35 Å². The summed E-state index contributed by atoms with van der Waals surface area (Å²) in [7, 11) is -4.46. The number of ketones is 1. The number of Topliss-reactive ketones (excluding diaryl/α,β-unsaturated/α-hetero) is 1. The van der Waals surface area contributed by atoms with Crippen molar-refractivity contribution in [1.82, 2.24) is 5.06 Å². The molecule has 39 heavy (non-hydrogen) atoms. The molecule has 2 amide bonds. The van der Waals surface area contributed by atoms with Gasteiger partial charge in [0.15, 0.2) is 0 Å². The van der Waals surface area contributed by atoms with Crippen molar-refractivity contribution in [2.75, 3.05) is 12.4 Å². The number of carbonyl (C=O) groups is 3. The third-order valence-electron chi connectivity index (χ3n) is 9.30. The summed E-state index contributed by atoms with van der Waals surface area (Å²) in [5, 5.41) is 1.43. The number of hydrogen-bond acceptors (Lipinski definition) is 7. The Balaban J connectivity index is 1.36. The van der Waals surface area contributed by atoms with Gasteiger partial charge in [0.2, 0.25) is 0 Å². The van der Waals surface area contributed by atoms with Gasteiger partial charge in [-0.25, -0.2) is 0 Å². The molecule has 2 saturated carbocycles. The first-order valence-corrected chi connectivity index (χ1v) is 15.6. The van der Waals surface area contributed by atoms with Crippen LogP contribution >= 0.6 is 0 Å². The number of hydroxylamine groups is 2. The van der Waals surface area contributed by atoms with E-state index in [1.165, 1.54) is 19.3 Å². The highest BCUT2D eigenvalue weighted by atomic mass is 32.2. The maximum absolute atomic E-state index is 13.5. The van der Waals surface area contributed by atoms with E-state index < -0.39 is 38.5 Å². The number of fused-ring (bicyclic) bond motifs is 2. The average Bonchev–Trinajstić information content (AvgIpc) is 3.23. The van der Waals surface area contributed by atoms with Gasteiger partial charge in [-0.1, -0.05) is 65.0 Å². The summed E-state index contributed by atoms with van der Waals surface area (Å²) in [6.45, 7) is 6.51. The maximum atomic E-state index is 13.5. The van der Waals surface area contributed by atoms with Crippen LogP contribution in [0.4, 0.5) is 0 Å². The van der Waals surface area contributed by atoms with Crippen molar-refractivity contribution in [3.8, 4) is 5.75 Å². The molecular weight excluding hydrogens is 518 g/mol. The summed E-state index contributed by atoms with van der Waals surface area (Å²) in [4.78, 5) is 39.7. The Morgan fingerprint density at radius 3 is 2.38 bits per heavy atom. The van der Waals surface area contributed by atoms with Crippen LogP contribution in [0.2, 0.25) is 0 Å². The van der Waals surface area contributed by atoms with Gasteiger partial charge < -0.3 is 4.74 Å². The molecule has 3 aliphatic rings. The van der Waals surface area contributed by atoms with Crippen molar-refractivity contribution in [3.05, 3.63) is 41.5 Å². The van der Waals surface area contributed by atoms with Gasteiger partial charge in [0.1, 0.15) is 11.5 Å². The van der Waals surface area contributed by atoms with Crippen LogP contribution in [0.25, 0.3) is 10.8 Å². The van der Waals surface area contributed by atoms with Crippen molar-refractivity contribution >= 4 is 38.5 Å². The van der Waals surface area contributed by atoms with Crippen LogP contribution in [0.5, 0.6) is 5.75 Å². The van der Waals surface area contributed by atoms with E-state index in [0.29, 0.717) is 41.0 Å². The molecule has 9 heteroatoms. The second-order valence-electron chi connectivity index (χ2n) is 11.8. The number of benzene rings is 2. The standard InChI is InChI=1S/C30H37NO7S/c1-4-5-6-7-8-9-15-37-22-16-20-11-10-12-23-26(20)24(18-22)28(34)31(27(23)33)38-39(35,36)19-30-14-13-21(17-25(30)32)29(30,2)3/h10-12,16,18,21H,4-9,13-15,17,19H2,1-3H3. The normalized spacial score (nSPS) is 23.7. The largest absolute Gasteiger partial charge is 0.494 e. The smallest absolute Gasteiger partial charge is 0.289 e. The Morgan fingerprint density at radius 1 is 0.974 bits per heavy atom. The van der Waals surface area contributed by atoms with Gasteiger partial charge in [0, 0.05) is 11.8 Å². The summed E-state index contributed by atoms with van der Waals surface area (Å²) in [6, 6.07) is 8.35. The fourth-order valence-corrected chi connectivity index (χ4v) is 8.53. The predicted octanol–water partition coefficient (Wildman–Crippen LogP) is 5.83. The SMILES string of the molecule is CCCCCCCCOc1cc2c3c(cccc3c1)C(=O)N(OS(=O)(=O)CC13CCC(CC1=O)C3(C)C)C2=O. The lowest BCUT2D eigenvalue weighted by Gasteiger charge is -2.36. The molecule has 2 aliphatic carbocycles. The van der Waals surface area contributed by atoms with Crippen molar-refractivity contribution in [2.24, 2.45) is 16.7 Å². The molecule has 2 aromatic rings. The number of rotatable bonds is 12. The second-order valence-corrected chi connectivity index (χ2v) is 13.4. The lowest BCUT2D eigenvalue weighted by Crippen LogP contribution is -2.46. The van der Waals surface area contributed by atoms with Gasteiger partial charge in [-0.3, -0.25) is 14.4 Å². The first-order chi connectivity index (χ1) is 18.5. The molecule has 0 radical (unpaired) electrons. The lowest BCUT2D eigenvalue weighted by molar-refractivity contribution is -0.128. The number of nitrogens with zero attached hydrogens (tertiary/aromatic N) is 1. The fourth-order valence-electron chi connectivity index (χ4n) is 6.83. The number of amides is 2. The molecule has 2 fully saturated rings. The molecule has 5 rings (SSSR count). The molecule has 1 aliphatic heterocycles. The Kier molecular flexibility index (Phi) is 7.35. The Labute approximate surface area is 230 Å². The summed E-state index contributed by atoms with van der Waals surface area (Å²) >= 11 is 0. The Hall–Kier alpha value is -2.78. The van der Waals surface area contributed by atoms with E-state index in [1.807, 2.05) is 13.8 Å². The lowest BCUT2D eigenvalue weighted by atomic mass is 9.70. The van der Waals surface area contributed by atoms with Crippen molar-refractivity contribution < 1.29 is 31.8 Å². The zero-order valence-electron chi connectivity index (χ0n) is 23.0. The van der Waals surface area contributed by atoms with Crippen LogP contribution in [0.1, 0.15) is 99.3 Å². The molecule has 0 aromatic heterocycles. The van der Waals surface area contributed by atoms with Crippen LogP contribution in [0.3, 0.4) is 0 Å². The Bertz CT molecular complexity index is 1430. The second kappa shape index (κ2) is 10.3. The van der Waals surface area contributed by atoms with Crippen molar-refractivity contribution in [3.63, 3.8) is 0 Å². The number of ether oxygens (including phenoxy) is 1. The van der Waals surface area contributed by atoms with E-state index in [4.69, 9.17) is 9.02 Å². The van der Waals surface area contributed by atoms with Gasteiger partial charge in [0.05, 0.1) is 28.9 Å². The topological polar surface area (TPSA) is 107 Å². The van der Waals surface area contributed by atoms with E-state index in [-0.39, 0.29) is 22.8 Å². The van der Waals surface area contributed by atoms with E-state index >= 15 is 0 Å². The first kappa shape index (κ1) is 27.8. The highest BCUT2D eigenvalue weighted by Gasteiger charge is 2.65. The predicted molar refractivity (Wildman–Crippen MR) is 147 cm³/mol. The zero-order chi connectivity index (χ0) is 28.0. The zero-order valence-corrected chi connectivity index (χ0v) is 23.8. The number of carbonyl (C=O) groups excluding carboxylic acids is 3. The molecule has 1 heterocycles. The highest BCUT2D eigenvalue weighted by Crippen LogP contribution is 2.64. The summed E-state index contributed by atoms with van der Waals surface area (Å²) in [5.41, 5.74) is -1.26. The molecule has 2 unspecified atom stereocenters. The van der Waals surface area contributed by atoms with Gasteiger partial charge >= 0.3 is 0 Å². The van der Waals surface area contributed by atoms with E-state index in [2.05, 4.69) is 6.92 Å². The molecule has 0 N–H and O–H groups in total. The van der Waals surface area contributed by atoms with E-state index in [1.54, 1.807) is 30.3 Å². The minimum Gasteiger partial charge on any atom is -0.494 e. The highest BCUT2D eigenvalue weighted by molar-refractivity contribution is 7.86. The average molecular weight is 556 g/mol.